The Morgan fingerprint density at radius 2 is 2.11 bits per heavy atom. The van der Waals surface area contributed by atoms with Crippen molar-refractivity contribution in [2.75, 3.05) is 7.11 Å². The van der Waals surface area contributed by atoms with Gasteiger partial charge < -0.3 is 14.4 Å². The topological polar surface area (TPSA) is 47.3 Å². The molecule has 0 saturated heterocycles. The lowest BCUT2D eigenvalue weighted by molar-refractivity contribution is 0.0720. The van der Waals surface area contributed by atoms with E-state index < -0.39 is 0 Å². The van der Waals surface area contributed by atoms with E-state index in [9.17, 15) is 5.11 Å². The van der Waals surface area contributed by atoms with Crippen molar-refractivity contribution in [3.05, 3.63) is 30.1 Å². The van der Waals surface area contributed by atoms with Gasteiger partial charge >= 0.3 is 0 Å². The molecule has 0 aliphatic heterocycles. The van der Waals surface area contributed by atoms with Crippen LogP contribution in [0.3, 0.4) is 0 Å². The highest BCUT2D eigenvalue weighted by atomic mass is 16.5. The van der Waals surface area contributed by atoms with Crippen LogP contribution in [0.2, 0.25) is 0 Å². The first kappa shape index (κ1) is 12.6. The summed E-state index contributed by atoms with van der Waals surface area (Å²) in [5, 5.41) is 10.3. The summed E-state index contributed by atoms with van der Waals surface area (Å²) in [6.07, 6.45) is 3.90. The molecule has 1 N–H and O–H groups in total. The van der Waals surface area contributed by atoms with Crippen LogP contribution < -0.4 is 0 Å². The first-order valence-electron chi connectivity index (χ1n) is 6.94. The van der Waals surface area contributed by atoms with Crippen molar-refractivity contribution in [3.63, 3.8) is 0 Å². The lowest BCUT2D eigenvalue weighted by Gasteiger charge is -2.30. The molecule has 2 unspecified atom stereocenters. The van der Waals surface area contributed by atoms with E-state index in [1.807, 2.05) is 18.2 Å². The molecular weight excluding hydrogens is 240 g/mol. The molecule has 1 aromatic carbocycles. The third kappa shape index (κ3) is 2.26. The van der Waals surface area contributed by atoms with E-state index in [1.165, 1.54) is 6.42 Å². The minimum atomic E-state index is -0.276. The van der Waals surface area contributed by atoms with Gasteiger partial charge in [-0.25, -0.2) is 4.98 Å². The molecule has 1 fully saturated rings. The molecule has 2 atom stereocenters. The lowest BCUT2D eigenvalue weighted by Crippen LogP contribution is -2.28. The Labute approximate surface area is 113 Å². The molecule has 4 heteroatoms. The van der Waals surface area contributed by atoms with Gasteiger partial charge in [0.2, 0.25) is 0 Å². The number of nitrogens with zero attached hydrogens (tertiary/aromatic N) is 2. The molecular formula is C15H20N2O2. The predicted octanol–water partition coefficient (Wildman–Crippen LogP) is 2.66. The predicted molar refractivity (Wildman–Crippen MR) is 74.0 cm³/mol. The van der Waals surface area contributed by atoms with Crippen LogP contribution in [0.5, 0.6) is 0 Å². The number of aliphatic hydroxyl groups is 1. The van der Waals surface area contributed by atoms with Crippen LogP contribution in [0.1, 0.15) is 37.5 Å². The number of rotatable bonds is 3. The molecule has 2 aromatic rings. The van der Waals surface area contributed by atoms with E-state index in [0.717, 1.165) is 36.1 Å². The average Bonchev–Trinajstić information content (AvgIpc) is 2.78. The Morgan fingerprint density at radius 3 is 2.89 bits per heavy atom. The fraction of sp³-hybridized carbons (Fsp3) is 0.533. The van der Waals surface area contributed by atoms with Crippen LogP contribution in [0.25, 0.3) is 11.0 Å². The third-order valence-electron chi connectivity index (χ3n) is 3.97. The second-order valence-electron chi connectivity index (χ2n) is 5.24. The summed E-state index contributed by atoms with van der Waals surface area (Å²) in [5.41, 5.74) is 2.08. The molecule has 1 heterocycles. The monoisotopic (exact) mass is 260 g/mol. The van der Waals surface area contributed by atoms with E-state index >= 15 is 0 Å². The third-order valence-corrected chi connectivity index (χ3v) is 3.97. The zero-order valence-corrected chi connectivity index (χ0v) is 11.2. The zero-order chi connectivity index (χ0) is 13.2. The largest absolute Gasteiger partial charge is 0.391 e. The first-order valence-corrected chi connectivity index (χ1v) is 6.94. The fourth-order valence-electron chi connectivity index (χ4n) is 3.09. The maximum Gasteiger partial charge on any atom is 0.136 e. The van der Waals surface area contributed by atoms with Crippen molar-refractivity contribution in [2.24, 2.45) is 0 Å². The summed E-state index contributed by atoms with van der Waals surface area (Å²) in [6, 6.07) is 8.23. The Bertz CT molecular complexity index is 564. The molecule has 1 aromatic heterocycles. The van der Waals surface area contributed by atoms with Crippen molar-refractivity contribution in [2.45, 2.75) is 44.4 Å². The molecule has 0 bridgehead atoms. The second-order valence-corrected chi connectivity index (χ2v) is 5.24. The standard InChI is InChI=1S/C15H20N2O2/c1-19-10-15-16-11-6-2-3-7-12(11)17(15)13-8-4-5-9-14(13)18/h2-3,6-7,13-14,18H,4-5,8-10H2,1H3. The highest BCUT2D eigenvalue weighted by Gasteiger charge is 2.27. The van der Waals surface area contributed by atoms with E-state index in [4.69, 9.17) is 4.74 Å². The van der Waals surface area contributed by atoms with Gasteiger partial charge in [0.25, 0.3) is 0 Å². The van der Waals surface area contributed by atoms with Gasteiger partial charge in [0.15, 0.2) is 0 Å². The summed E-state index contributed by atoms with van der Waals surface area (Å²) in [7, 11) is 1.68. The summed E-state index contributed by atoms with van der Waals surface area (Å²) in [4.78, 5) is 4.64. The quantitative estimate of drug-likeness (QED) is 0.923. The number of aromatic nitrogens is 2. The fourth-order valence-corrected chi connectivity index (χ4v) is 3.09. The van der Waals surface area contributed by atoms with Crippen molar-refractivity contribution in [3.8, 4) is 0 Å². The number of imidazole rings is 1. The SMILES string of the molecule is COCc1nc2ccccc2n1C1CCCCC1O. The molecule has 0 amide bonds. The van der Waals surface area contributed by atoms with E-state index in [0.29, 0.717) is 6.61 Å². The molecule has 0 spiro atoms. The van der Waals surface area contributed by atoms with Crippen molar-refractivity contribution in [1.82, 2.24) is 9.55 Å². The smallest absolute Gasteiger partial charge is 0.136 e. The van der Waals surface area contributed by atoms with Gasteiger partial charge in [-0.05, 0) is 25.0 Å². The van der Waals surface area contributed by atoms with Crippen LogP contribution in [0, 0.1) is 0 Å². The lowest BCUT2D eigenvalue weighted by atomic mass is 9.92. The maximum atomic E-state index is 10.3. The number of benzene rings is 1. The maximum absolute atomic E-state index is 10.3. The Balaban J connectivity index is 2.10. The molecule has 102 valence electrons. The van der Waals surface area contributed by atoms with Crippen LogP contribution >= 0.6 is 0 Å². The van der Waals surface area contributed by atoms with Gasteiger partial charge in [-0.2, -0.15) is 0 Å². The Morgan fingerprint density at radius 1 is 1.32 bits per heavy atom. The number of hydrogen-bond donors (Lipinski definition) is 1. The molecule has 4 nitrogen and oxygen atoms in total. The highest BCUT2D eigenvalue weighted by molar-refractivity contribution is 5.76. The summed E-state index contributed by atoms with van der Waals surface area (Å²) in [6.45, 7) is 0.484. The normalized spacial score (nSPS) is 23.9. The van der Waals surface area contributed by atoms with Gasteiger partial charge in [-0.3, -0.25) is 0 Å². The average molecular weight is 260 g/mol. The minimum Gasteiger partial charge on any atom is -0.391 e. The zero-order valence-electron chi connectivity index (χ0n) is 11.2. The van der Waals surface area contributed by atoms with Gasteiger partial charge in [0, 0.05) is 7.11 Å². The van der Waals surface area contributed by atoms with Crippen LogP contribution in [0.4, 0.5) is 0 Å². The van der Waals surface area contributed by atoms with E-state index in [2.05, 4.69) is 15.6 Å². The van der Waals surface area contributed by atoms with Crippen molar-refractivity contribution in [1.29, 1.82) is 0 Å². The molecule has 1 aliphatic rings. The Hall–Kier alpha value is -1.39. The number of hydrogen-bond acceptors (Lipinski definition) is 3. The number of fused-ring (bicyclic) bond motifs is 1. The first-order chi connectivity index (χ1) is 9.31. The number of methoxy groups -OCH3 is 1. The van der Waals surface area contributed by atoms with Gasteiger partial charge in [0.05, 0.1) is 23.2 Å². The molecule has 1 saturated carbocycles. The number of ether oxygens (including phenoxy) is 1. The highest BCUT2D eigenvalue weighted by Crippen LogP contribution is 2.33. The van der Waals surface area contributed by atoms with E-state index in [1.54, 1.807) is 7.11 Å². The van der Waals surface area contributed by atoms with Gasteiger partial charge in [0.1, 0.15) is 12.4 Å². The molecule has 3 rings (SSSR count). The van der Waals surface area contributed by atoms with Crippen LogP contribution in [0.15, 0.2) is 24.3 Å². The van der Waals surface area contributed by atoms with Crippen molar-refractivity contribution >= 4 is 11.0 Å². The molecule has 0 radical (unpaired) electrons. The Kier molecular flexibility index (Phi) is 3.53. The van der Waals surface area contributed by atoms with Crippen molar-refractivity contribution < 1.29 is 9.84 Å². The minimum absolute atomic E-state index is 0.131. The number of aliphatic hydroxyl groups excluding tert-OH is 1. The molecule has 19 heavy (non-hydrogen) atoms. The summed E-state index contributed by atoms with van der Waals surface area (Å²) in [5.74, 6) is 0.912. The number of para-hydroxylation sites is 2. The van der Waals surface area contributed by atoms with E-state index in [-0.39, 0.29) is 12.1 Å². The van der Waals surface area contributed by atoms with Crippen LogP contribution in [-0.4, -0.2) is 27.9 Å². The second kappa shape index (κ2) is 5.31. The van der Waals surface area contributed by atoms with Gasteiger partial charge in [-0.15, -0.1) is 0 Å². The van der Waals surface area contributed by atoms with Crippen LogP contribution in [-0.2, 0) is 11.3 Å². The summed E-state index contributed by atoms with van der Waals surface area (Å²) >= 11 is 0. The molecule has 1 aliphatic carbocycles. The summed E-state index contributed by atoms with van der Waals surface area (Å²) < 4.78 is 7.44. The van der Waals surface area contributed by atoms with Gasteiger partial charge in [-0.1, -0.05) is 25.0 Å².